The summed E-state index contributed by atoms with van der Waals surface area (Å²) in [4.78, 5) is 0. The Bertz CT molecular complexity index is 535. The van der Waals surface area contributed by atoms with Crippen LogP contribution in [0.2, 0.25) is 13.6 Å². The first-order chi connectivity index (χ1) is 8.56. The number of benzene rings is 2. The molecule has 0 aromatic heterocycles. The molecule has 2 rings (SSSR count). The lowest BCUT2D eigenvalue weighted by molar-refractivity contribution is 0.476. The highest BCUT2D eigenvalue weighted by molar-refractivity contribution is 6.70. The highest BCUT2D eigenvalue weighted by Crippen LogP contribution is 2.22. The Morgan fingerprint density at radius 1 is 0.947 bits per heavy atom. The van der Waals surface area contributed by atoms with Crippen molar-refractivity contribution in [2.24, 2.45) is 0 Å². The van der Waals surface area contributed by atoms with Gasteiger partial charge in [-0.05, 0) is 30.7 Å². The molecule has 0 aliphatic rings. The van der Waals surface area contributed by atoms with Gasteiger partial charge in [0.1, 0.15) is 17.3 Å². The van der Waals surface area contributed by atoms with Gasteiger partial charge in [0.2, 0.25) is 0 Å². The van der Waals surface area contributed by atoms with Crippen molar-refractivity contribution < 1.29 is 9.13 Å². The highest BCUT2D eigenvalue weighted by atomic mass is 19.1. The summed E-state index contributed by atoms with van der Waals surface area (Å²) in [6.45, 7) is 6.52. The number of halogens is 1. The standard InChI is InChI=1S/C15H16BFO.CH4/c1-11-4-7-14(10-15(11)17)18-13-8-5-12(6-9-13)16(2)3;/h4-10H,1-3H3;1H4. The summed E-state index contributed by atoms with van der Waals surface area (Å²) in [5, 5.41) is 0. The van der Waals surface area contributed by atoms with Gasteiger partial charge in [-0.1, -0.05) is 44.7 Å². The van der Waals surface area contributed by atoms with E-state index < -0.39 is 0 Å². The topological polar surface area (TPSA) is 9.23 Å². The second-order valence-electron chi connectivity index (χ2n) is 4.74. The number of hydrogen-bond acceptors (Lipinski definition) is 1. The predicted molar refractivity (Wildman–Crippen MR) is 81.5 cm³/mol. The zero-order chi connectivity index (χ0) is 13.1. The Morgan fingerprint density at radius 2 is 1.53 bits per heavy atom. The van der Waals surface area contributed by atoms with Crippen LogP contribution in [0.25, 0.3) is 0 Å². The number of aryl methyl sites for hydroxylation is 1. The van der Waals surface area contributed by atoms with Gasteiger partial charge in [0.15, 0.2) is 6.71 Å². The van der Waals surface area contributed by atoms with Crippen LogP contribution in [0.1, 0.15) is 13.0 Å². The van der Waals surface area contributed by atoms with E-state index >= 15 is 0 Å². The molecule has 0 bridgehead atoms. The van der Waals surface area contributed by atoms with E-state index in [-0.39, 0.29) is 13.2 Å². The van der Waals surface area contributed by atoms with E-state index in [4.69, 9.17) is 4.74 Å². The van der Waals surface area contributed by atoms with Gasteiger partial charge in [-0.2, -0.15) is 0 Å². The molecule has 0 amide bonds. The van der Waals surface area contributed by atoms with Gasteiger partial charge in [0, 0.05) is 6.07 Å². The van der Waals surface area contributed by atoms with Gasteiger partial charge >= 0.3 is 0 Å². The lowest BCUT2D eigenvalue weighted by Crippen LogP contribution is -2.21. The monoisotopic (exact) mass is 258 g/mol. The zero-order valence-electron chi connectivity index (χ0n) is 10.9. The fourth-order valence-corrected chi connectivity index (χ4v) is 1.69. The van der Waals surface area contributed by atoms with Crippen LogP contribution < -0.4 is 10.2 Å². The summed E-state index contributed by atoms with van der Waals surface area (Å²) in [6.07, 6.45) is 0. The van der Waals surface area contributed by atoms with E-state index in [0.717, 1.165) is 5.75 Å². The Morgan fingerprint density at radius 3 is 2.05 bits per heavy atom. The van der Waals surface area contributed by atoms with Crippen LogP contribution in [0, 0.1) is 12.7 Å². The number of hydrogen-bond donors (Lipinski definition) is 0. The Labute approximate surface area is 115 Å². The minimum absolute atomic E-state index is 0. The van der Waals surface area contributed by atoms with Crippen molar-refractivity contribution in [2.45, 2.75) is 28.0 Å². The molecular formula is C16H20BFO. The molecule has 100 valence electrons. The summed E-state index contributed by atoms with van der Waals surface area (Å²) in [7, 11) is 0. The van der Waals surface area contributed by atoms with Crippen molar-refractivity contribution >= 4 is 12.2 Å². The maximum atomic E-state index is 13.4. The fourth-order valence-electron chi connectivity index (χ4n) is 1.69. The molecule has 19 heavy (non-hydrogen) atoms. The first kappa shape index (κ1) is 15.3. The smallest absolute Gasteiger partial charge is 0.169 e. The van der Waals surface area contributed by atoms with Crippen LogP contribution in [0.3, 0.4) is 0 Å². The molecule has 0 fully saturated rings. The van der Waals surface area contributed by atoms with Crippen LogP contribution >= 0.6 is 0 Å². The lowest BCUT2D eigenvalue weighted by atomic mass is 9.49. The van der Waals surface area contributed by atoms with Crippen molar-refractivity contribution in [1.29, 1.82) is 0 Å². The molecule has 2 aromatic rings. The van der Waals surface area contributed by atoms with E-state index in [1.54, 1.807) is 19.1 Å². The Kier molecular flexibility index (Phi) is 5.16. The van der Waals surface area contributed by atoms with Crippen molar-refractivity contribution in [3.63, 3.8) is 0 Å². The van der Waals surface area contributed by atoms with E-state index in [2.05, 4.69) is 13.6 Å². The van der Waals surface area contributed by atoms with Crippen LogP contribution in [-0.4, -0.2) is 6.71 Å². The molecule has 3 heteroatoms. The molecule has 0 saturated heterocycles. The van der Waals surface area contributed by atoms with E-state index in [9.17, 15) is 4.39 Å². The second kappa shape index (κ2) is 6.42. The minimum atomic E-state index is -0.244. The van der Waals surface area contributed by atoms with Crippen LogP contribution in [0.15, 0.2) is 42.5 Å². The summed E-state index contributed by atoms with van der Waals surface area (Å²) in [5.74, 6) is 1.00. The summed E-state index contributed by atoms with van der Waals surface area (Å²) in [5.41, 5.74) is 1.88. The summed E-state index contributed by atoms with van der Waals surface area (Å²) < 4.78 is 19.0. The molecule has 0 aliphatic carbocycles. The molecule has 0 atom stereocenters. The molecule has 0 N–H and O–H groups in total. The van der Waals surface area contributed by atoms with Gasteiger partial charge in [-0.15, -0.1) is 0 Å². The van der Waals surface area contributed by atoms with Crippen LogP contribution in [0.4, 0.5) is 4.39 Å². The van der Waals surface area contributed by atoms with Gasteiger partial charge in [-0.25, -0.2) is 4.39 Å². The van der Waals surface area contributed by atoms with Crippen LogP contribution in [-0.2, 0) is 0 Å². The maximum Gasteiger partial charge on any atom is 0.169 e. The largest absolute Gasteiger partial charge is 0.457 e. The summed E-state index contributed by atoms with van der Waals surface area (Å²) >= 11 is 0. The van der Waals surface area contributed by atoms with Gasteiger partial charge in [0.05, 0.1) is 0 Å². The molecular weight excluding hydrogens is 238 g/mol. The third kappa shape index (κ3) is 3.85. The quantitative estimate of drug-likeness (QED) is 0.735. The van der Waals surface area contributed by atoms with E-state index in [1.165, 1.54) is 11.5 Å². The van der Waals surface area contributed by atoms with Crippen molar-refractivity contribution in [3.8, 4) is 11.5 Å². The predicted octanol–water partition coefficient (Wildman–Crippen LogP) is 4.52. The Hall–Kier alpha value is -1.77. The SMILES string of the molecule is C.CB(C)c1ccc(Oc2ccc(C)c(F)c2)cc1. The summed E-state index contributed by atoms with van der Waals surface area (Å²) in [6, 6.07) is 12.8. The first-order valence-corrected chi connectivity index (χ1v) is 6.10. The average Bonchev–Trinajstić information content (AvgIpc) is 2.34. The highest BCUT2D eigenvalue weighted by Gasteiger charge is 2.04. The molecule has 0 saturated carbocycles. The molecule has 0 heterocycles. The molecule has 0 radical (unpaired) electrons. The van der Waals surface area contributed by atoms with Crippen molar-refractivity contribution in [2.75, 3.05) is 0 Å². The molecule has 0 spiro atoms. The molecule has 0 aliphatic heterocycles. The van der Waals surface area contributed by atoms with E-state index in [1.807, 2.05) is 24.3 Å². The third-order valence-corrected chi connectivity index (χ3v) is 2.93. The minimum Gasteiger partial charge on any atom is -0.457 e. The maximum absolute atomic E-state index is 13.4. The zero-order valence-corrected chi connectivity index (χ0v) is 10.9. The van der Waals surface area contributed by atoms with Crippen LogP contribution in [0.5, 0.6) is 11.5 Å². The molecule has 1 nitrogen and oxygen atoms in total. The van der Waals surface area contributed by atoms with E-state index in [0.29, 0.717) is 18.0 Å². The normalized spacial score (nSPS) is 9.68. The second-order valence-corrected chi connectivity index (χ2v) is 4.74. The molecule has 2 aromatic carbocycles. The number of rotatable bonds is 3. The van der Waals surface area contributed by atoms with Gasteiger partial charge < -0.3 is 4.74 Å². The Balaban J connectivity index is 0.00000180. The molecule has 0 unspecified atom stereocenters. The third-order valence-electron chi connectivity index (χ3n) is 2.93. The van der Waals surface area contributed by atoms with Crippen molar-refractivity contribution in [1.82, 2.24) is 0 Å². The van der Waals surface area contributed by atoms with Gasteiger partial charge in [0.25, 0.3) is 0 Å². The first-order valence-electron chi connectivity index (χ1n) is 6.10. The lowest BCUT2D eigenvalue weighted by Gasteiger charge is -2.08. The fraction of sp³-hybridized carbons (Fsp3) is 0.250. The number of ether oxygens (including phenoxy) is 1. The van der Waals surface area contributed by atoms with Gasteiger partial charge in [-0.3, -0.25) is 0 Å². The van der Waals surface area contributed by atoms with Crippen molar-refractivity contribution in [3.05, 3.63) is 53.8 Å². The average molecular weight is 258 g/mol.